The summed E-state index contributed by atoms with van der Waals surface area (Å²) >= 11 is 0. The van der Waals surface area contributed by atoms with E-state index in [1.807, 2.05) is 0 Å². The van der Waals surface area contributed by atoms with E-state index in [0.717, 1.165) is 12.8 Å². The maximum Gasteiger partial charge on any atom is 0.336 e. The molecule has 4 nitrogen and oxygen atoms in total. The Labute approximate surface area is 85.8 Å². The second-order valence-electron chi connectivity index (χ2n) is 3.66. The fourth-order valence-electron chi connectivity index (χ4n) is 1.05. The molecule has 84 valence electrons. The van der Waals surface area contributed by atoms with Gasteiger partial charge in [-0.2, -0.15) is 0 Å². The van der Waals surface area contributed by atoms with Gasteiger partial charge in [0.05, 0.1) is 6.61 Å². The largest absolute Gasteiger partial charge is 0.464 e. The standard InChI is InChI=1S/C10H21NO3/c1-8(2)5-4-6-14-10(12)9(7-11)13-3/h8-9H,4-7,11H2,1-3H3. The average molecular weight is 203 g/mol. The third-order valence-electron chi connectivity index (χ3n) is 1.93. The number of hydrogen-bond acceptors (Lipinski definition) is 4. The summed E-state index contributed by atoms with van der Waals surface area (Å²) in [5, 5.41) is 0. The summed E-state index contributed by atoms with van der Waals surface area (Å²) in [4.78, 5) is 11.2. The van der Waals surface area contributed by atoms with Gasteiger partial charge in [-0.15, -0.1) is 0 Å². The molecule has 0 rings (SSSR count). The van der Waals surface area contributed by atoms with Gasteiger partial charge in [0.1, 0.15) is 0 Å². The van der Waals surface area contributed by atoms with Crippen molar-refractivity contribution in [3.8, 4) is 0 Å². The van der Waals surface area contributed by atoms with E-state index in [0.29, 0.717) is 12.5 Å². The predicted molar refractivity (Wildman–Crippen MR) is 54.9 cm³/mol. The molecule has 0 amide bonds. The van der Waals surface area contributed by atoms with E-state index < -0.39 is 6.10 Å². The number of methoxy groups -OCH3 is 1. The zero-order valence-corrected chi connectivity index (χ0v) is 9.29. The van der Waals surface area contributed by atoms with E-state index in [1.54, 1.807) is 0 Å². The summed E-state index contributed by atoms with van der Waals surface area (Å²) in [6.45, 7) is 4.90. The molecule has 0 aliphatic rings. The number of carbonyl (C=O) groups excluding carboxylic acids is 1. The molecule has 1 unspecified atom stereocenters. The molecule has 1 atom stereocenters. The molecule has 0 saturated heterocycles. The molecule has 4 heteroatoms. The summed E-state index contributed by atoms with van der Waals surface area (Å²) in [6.07, 6.45) is 1.34. The summed E-state index contributed by atoms with van der Waals surface area (Å²) in [5.74, 6) is 0.278. The Hall–Kier alpha value is -0.610. The quantitative estimate of drug-likeness (QED) is 0.494. The smallest absolute Gasteiger partial charge is 0.336 e. The van der Waals surface area contributed by atoms with Gasteiger partial charge in [0, 0.05) is 13.7 Å². The van der Waals surface area contributed by atoms with Gasteiger partial charge in [0.15, 0.2) is 6.10 Å². The number of rotatable bonds is 7. The Bertz CT molecular complexity index is 155. The lowest BCUT2D eigenvalue weighted by molar-refractivity contribution is -0.154. The minimum Gasteiger partial charge on any atom is -0.464 e. The van der Waals surface area contributed by atoms with Crippen LogP contribution in [0.25, 0.3) is 0 Å². The maximum atomic E-state index is 11.2. The summed E-state index contributed by atoms with van der Waals surface area (Å²) in [5.41, 5.74) is 5.31. The monoisotopic (exact) mass is 203 g/mol. The first-order chi connectivity index (χ1) is 6.61. The molecule has 14 heavy (non-hydrogen) atoms. The molecule has 0 aromatic heterocycles. The third-order valence-corrected chi connectivity index (χ3v) is 1.93. The van der Waals surface area contributed by atoms with Gasteiger partial charge in [-0.05, 0) is 18.8 Å². The van der Waals surface area contributed by atoms with E-state index in [4.69, 9.17) is 15.2 Å². The molecule has 0 radical (unpaired) electrons. The zero-order valence-electron chi connectivity index (χ0n) is 9.29. The highest BCUT2D eigenvalue weighted by molar-refractivity contribution is 5.74. The van der Waals surface area contributed by atoms with Gasteiger partial charge in [0.25, 0.3) is 0 Å². The second-order valence-corrected chi connectivity index (χ2v) is 3.66. The van der Waals surface area contributed by atoms with Gasteiger partial charge >= 0.3 is 5.97 Å². The molecule has 0 saturated carbocycles. The van der Waals surface area contributed by atoms with E-state index in [-0.39, 0.29) is 12.5 Å². The van der Waals surface area contributed by atoms with Crippen LogP contribution < -0.4 is 5.73 Å². The van der Waals surface area contributed by atoms with Gasteiger partial charge in [-0.3, -0.25) is 0 Å². The van der Waals surface area contributed by atoms with Crippen LogP contribution >= 0.6 is 0 Å². The molecule has 0 aliphatic carbocycles. The SMILES string of the molecule is COC(CN)C(=O)OCCCC(C)C. The van der Waals surface area contributed by atoms with Crippen molar-refractivity contribution in [3.63, 3.8) is 0 Å². The van der Waals surface area contributed by atoms with Crippen LogP contribution in [0.4, 0.5) is 0 Å². The fraction of sp³-hybridized carbons (Fsp3) is 0.900. The van der Waals surface area contributed by atoms with Crippen molar-refractivity contribution in [2.75, 3.05) is 20.3 Å². The van der Waals surface area contributed by atoms with Crippen molar-refractivity contribution in [2.24, 2.45) is 11.7 Å². The van der Waals surface area contributed by atoms with Crippen LogP contribution in [0, 0.1) is 5.92 Å². The molecule has 0 heterocycles. The van der Waals surface area contributed by atoms with Crippen molar-refractivity contribution >= 4 is 5.97 Å². The lowest BCUT2D eigenvalue weighted by Gasteiger charge is -2.12. The first-order valence-corrected chi connectivity index (χ1v) is 5.01. The molecule has 0 aromatic rings. The van der Waals surface area contributed by atoms with Gasteiger partial charge in [0.2, 0.25) is 0 Å². The number of carbonyl (C=O) groups is 1. The Kier molecular flexibility index (Phi) is 7.42. The van der Waals surface area contributed by atoms with Crippen LogP contribution in [0.5, 0.6) is 0 Å². The number of esters is 1. The summed E-state index contributed by atoms with van der Waals surface area (Å²) in [7, 11) is 1.45. The number of nitrogens with two attached hydrogens (primary N) is 1. The first-order valence-electron chi connectivity index (χ1n) is 5.01. The Morgan fingerprint density at radius 1 is 1.43 bits per heavy atom. The highest BCUT2D eigenvalue weighted by Crippen LogP contribution is 2.03. The molecule has 0 aliphatic heterocycles. The lowest BCUT2D eigenvalue weighted by atomic mass is 10.1. The van der Waals surface area contributed by atoms with Crippen LogP contribution in [-0.2, 0) is 14.3 Å². The van der Waals surface area contributed by atoms with E-state index in [1.165, 1.54) is 7.11 Å². The summed E-state index contributed by atoms with van der Waals surface area (Å²) in [6, 6.07) is 0. The minimum atomic E-state index is -0.617. The zero-order chi connectivity index (χ0) is 11.0. The molecule has 0 bridgehead atoms. The normalized spacial score (nSPS) is 12.9. The van der Waals surface area contributed by atoms with Crippen molar-refractivity contribution < 1.29 is 14.3 Å². The fourth-order valence-corrected chi connectivity index (χ4v) is 1.05. The van der Waals surface area contributed by atoms with Crippen LogP contribution in [0.2, 0.25) is 0 Å². The highest BCUT2D eigenvalue weighted by Gasteiger charge is 2.16. The van der Waals surface area contributed by atoms with Gasteiger partial charge in [-0.1, -0.05) is 13.8 Å². The van der Waals surface area contributed by atoms with Crippen LogP contribution in [0.1, 0.15) is 26.7 Å². The molecule has 2 N–H and O–H groups in total. The van der Waals surface area contributed by atoms with Crippen LogP contribution in [-0.4, -0.2) is 32.3 Å². The topological polar surface area (TPSA) is 61.5 Å². The van der Waals surface area contributed by atoms with Crippen molar-refractivity contribution in [1.82, 2.24) is 0 Å². The van der Waals surface area contributed by atoms with Crippen molar-refractivity contribution in [3.05, 3.63) is 0 Å². The molecular weight excluding hydrogens is 182 g/mol. The Morgan fingerprint density at radius 2 is 2.07 bits per heavy atom. The number of ether oxygens (including phenoxy) is 2. The highest BCUT2D eigenvalue weighted by atomic mass is 16.6. The Morgan fingerprint density at radius 3 is 2.50 bits per heavy atom. The number of hydrogen-bond donors (Lipinski definition) is 1. The van der Waals surface area contributed by atoms with E-state index in [2.05, 4.69) is 13.8 Å². The second kappa shape index (κ2) is 7.76. The van der Waals surface area contributed by atoms with Gasteiger partial charge < -0.3 is 15.2 Å². The van der Waals surface area contributed by atoms with Crippen LogP contribution in [0.15, 0.2) is 0 Å². The molecule has 0 fully saturated rings. The third kappa shape index (κ3) is 5.94. The maximum absolute atomic E-state index is 11.2. The molecule has 0 aromatic carbocycles. The van der Waals surface area contributed by atoms with E-state index >= 15 is 0 Å². The lowest BCUT2D eigenvalue weighted by Crippen LogP contribution is -2.33. The van der Waals surface area contributed by atoms with Crippen LogP contribution in [0.3, 0.4) is 0 Å². The van der Waals surface area contributed by atoms with Gasteiger partial charge in [-0.25, -0.2) is 4.79 Å². The van der Waals surface area contributed by atoms with Crippen molar-refractivity contribution in [2.45, 2.75) is 32.8 Å². The Balaban J connectivity index is 3.52. The van der Waals surface area contributed by atoms with Crippen molar-refractivity contribution in [1.29, 1.82) is 0 Å². The predicted octanol–water partition coefficient (Wildman–Crippen LogP) is 0.939. The van der Waals surface area contributed by atoms with E-state index in [9.17, 15) is 4.79 Å². The molecular formula is C10H21NO3. The average Bonchev–Trinajstić information content (AvgIpc) is 2.14. The molecule has 0 spiro atoms. The summed E-state index contributed by atoms with van der Waals surface area (Å²) < 4.78 is 9.83. The minimum absolute atomic E-state index is 0.166. The first kappa shape index (κ1) is 13.4.